The number of aromatic nitrogens is 1. The van der Waals surface area contributed by atoms with E-state index in [-0.39, 0.29) is 17.0 Å². The summed E-state index contributed by atoms with van der Waals surface area (Å²) in [4.78, 5) is 50.4. The van der Waals surface area contributed by atoms with E-state index in [1.54, 1.807) is 26.0 Å². The topological polar surface area (TPSA) is 115 Å². The third kappa shape index (κ3) is 4.60. The second-order valence-electron chi connectivity index (χ2n) is 5.86. The minimum absolute atomic E-state index is 0.104. The third-order valence-corrected chi connectivity index (χ3v) is 3.93. The van der Waals surface area contributed by atoms with Crippen LogP contribution in [0.3, 0.4) is 0 Å². The van der Waals surface area contributed by atoms with Crippen LogP contribution in [0.5, 0.6) is 5.75 Å². The zero-order chi connectivity index (χ0) is 20.1. The van der Waals surface area contributed by atoms with E-state index in [0.29, 0.717) is 22.6 Å². The number of nitrogens with one attached hydrogen (secondary N) is 2. The highest BCUT2D eigenvalue weighted by atomic mass is 16.5. The molecule has 0 atom stereocenters. The van der Waals surface area contributed by atoms with Crippen molar-refractivity contribution in [2.75, 3.05) is 13.7 Å². The molecule has 2 amide bonds. The molecule has 2 N–H and O–H groups in total. The molecule has 8 heteroatoms. The Morgan fingerprint density at radius 1 is 1.07 bits per heavy atom. The van der Waals surface area contributed by atoms with E-state index in [9.17, 15) is 19.2 Å². The first-order valence-corrected chi connectivity index (χ1v) is 8.10. The van der Waals surface area contributed by atoms with Crippen LogP contribution in [0.2, 0.25) is 0 Å². The van der Waals surface area contributed by atoms with Crippen LogP contribution in [0, 0.1) is 13.8 Å². The van der Waals surface area contributed by atoms with Gasteiger partial charge < -0.3 is 14.5 Å². The van der Waals surface area contributed by atoms with E-state index in [1.165, 1.54) is 26.2 Å². The molecule has 142 valence electrons. The fraction of sp³-hybridized carbons (Fsp3) is 0.263. The number of imide groups is 1. The lowest BCUT2D eigenvalue weighted by atomic mass is 10.1. The van der Waals surface area contributed by atoms with E-state index in [1.807, 2.05) is 0 Å². The van der Waals surface area contributed by atoms with E-state index >= 15 is 0 Å². The van der Waals surface area contributed by atoms with E-state index in [2.05, 4.69) is 10.3 Å². The molecule has 0 bridgehead atoms. The first kappa shape index (κ1) is 19.9. The smallest absolute Gasteiger partial charge is 0.355 e. The number of aromatic amines is 1. The molecular weight excluding hydrogens is 352 g/mol. The Bertz CT molecular complexity index is 896. The second kappa shape index (κ2) is 8.31. The number of carbonyl (C=O) groups is 4. The highest BCUT2D eigenvalue weighted by molar-refractivity contribution is 6.06. The molecule has 0 spiro atoms. The number of ether oxygens (including phenoxy) is 2. The molecule has 1 aromatic heterocycles. The van der Waals surface area contributed by atoms with Crippen molar-refractivity contribution in [1.82, 2.24) is 10.3 Å². The molecule has 0 unspecified atom stereocenters. The first-order valence-electron chi connectivity index (χ1n) is 8.10. The number of amides is 2. The normalized spacial score (nSPS) is 10.2. The van der Waals surface area contributed by atoms with Crippen LogP contribution in [-0.2, 0) is 9.53 Å². The van der Waals surface area contributed by atoms with Gasteiger partial charge in [0.15, 0.2) is 12.4 Å². The van der Waals surface area contributed by atoms with Gasteiger partial charge in [0, 0.05) is 16.8 Å². The first-order chi connectivity index (χ1) is 12.7. The molecule has 0 radical (unpaired) electrons. The lowest BCUT2D eigenvalue weighted by Crippen LogP contribution is -2.34. The summed E-state index contributed by atoms with van der Waals surface area (Å²) in [6, 6.07) is 6.17. The van der Waals surface area contributed by atoms with Crippen LogP contribution in [0.15, 0.2) is 24.3 Å². The number of benzene rings is 1. The summed E-state index contributed by atoms with van der Waals surface area (Å²) in [5.74, 6) is -1.77. The number of Topliss-reactive ketones (excluding diaryl/α,β-unsaturated/α-hetero) is 1. The van der Waals surface area contributed by atoms with Gasteiger partial charge in [-0.15, -0.1) is 0 Å². The Labute approximate surface area is 155 Å². The zero-order valence-corrected chi connectivity index (χ0v) is 15.5. The summed E-state index contributed by atoms with van der Waals surface area (Å²) in [6.45, 7) is 4.05. The molecule has 0 fully saturated rings. The van der Waals surface area contributed by atoms with Gasteiger partial charge in [-0.2, -0.15) is 0 Å². The van der Waals surface area contributed by atoms with Gasteiger partial charge in [-0.05, 0) is 50.6 Å². The molecule has 2 aromatic rings. The summed E-state index contributed by atoms with van der Waals surface area (Å²) in [7, 11) is 1.50. The fourth-order valence-corrected chi connectivity index (χ4v) is 2.66. The maximum atomic E-state index is 12.1. The van der Waals surface area contributed by atoms with Crippen LogP contribution in [0.25, 0.3) is 0 Å². The summed E-state index contributed by atoms with van der Waals surface area (Å²) in [5.41, 5.74) is 1.79. The Hall–Kier alpha value is -3.42. The summed E-state index contributed by atoms with van der Waals surface area (Å²) >= 11 is 0. The number of H-pyrrole nitrogens is 1. The lowest BCUT2D eigenvalue weighted by Gasteiger charge is -2.06. The van der Waals surface area contributed by atoms with E-state index in [0.717, 1.165) is 0 Å². The number of hydrogen-bond acceptors (Lipinski definition) is 6. The van der Waals surface area contributed by atoms with Gasteiger partial charge in [0.25, 0.3) is 11.8 Å². The van der Waals surface area contributed by atoms with Crippen molar-refractivity contribution in [2.45, 2.75) is 20.8 Å². The maximum absolute atomic E-state index is 12.1. The Balaban J connectivity index is 1.95. The minimum Gasteiger partial charge on any atom is -0.497 e. The molecule has 27 heavy (non-hydrogen) atoms. The predicted octanol–water partition coefficient (Wildman–Crippen LogP) is 1.96. The number of carbonyl (C=O) groups excluding carboxylic acids is 4. The molecule has 0 saturated heterocycles. The minimum atomic E-state index is -0.782. The van der Waals surface area contributed by atoms with Gasteiger partial charge in [-0.3, -0.25) is 19.7 Å². The van der Waals surface area contributed by atoms with Gasteiger partial charge in [-0.1, -0.05) is 0 Å². The number of rotatable bonds is 6. The highest BCUT2D eigenvalue weighted by Crippen LogP contribution is 2.19. The number of aryl methyl sites for hydroxylation is 1. The van der Waals surface area contributed by atoms with Crippen molar-refractivity contribution in [3.8, 4) is 5.75 Å². The van der Waals surface area contributed by atoms with Gasteiger partial charge in [0.2, 0.25) is 0 Å². The molecule has 0 aliphatic carbocycles. The molecule has 2 rings (SSSR count). The van der Waals surface area contributed by atoms with Crippen molar-refractivity contribution >= 4 is 23.6 Å². The fourth-order valence-electron chi connectivity index (χ4n) is 2.66. The number of ketones is 1. The Kier molecular flexibility index (Phi) is 6.12. The Morgan fingerprint density at radius 3 is 2.22 bits per heavy atom. The molecule has 0 aliphatic rings. The maximum Gasteiger partial charge on any atom is 0.355 e. The number of methoxy groups -OCH3 is 1. The SMILES string of the molecule is COc1ccc(C(=O)NC(=O)COC(=O)c2[nH]c(C)c(C(C)=O)c2C)cc1. The van der Waals surface area contributed by atoms with Crippen molar-refractivity contribution in [1.29, 1.82) is 0 Å². The second-order valence-corrected chi connectivity index (χ2v) is 5.86. The summed E-state index contributed by atoms with van der Waals surface area (Å²) in [5, 5.41) is 2.13. The largest absolute Gasteiger partial charge is 0.497 e. The number of hydrogen-bond donors (Lipinski definition) is 2. The molecule has 1 heterocycles. The molecule has 8 nitrogen and oxygen atoms in total. The highest BCUT2D eigenvalue weighted by Gasteiger charge is 2.21. The quantitative estimate of drug-likeness (QED) is 0.592. The van der Waals surface area contributed by atoms with Crippen molar-refractivity contribution in [2.24, 2.45) is 0 Å². The Morgan fingerprint density at radius 2 is 1.70 bits per heavy atom. The average molecular weight is 372 g/mol. The third-order valence-electron chi connectivity index (χ3n) is 3.93. The van der Waals surface area contributed by atoms with Crippen LogP contribution in [-0.4, -0.2) is 42.3 Å². The van der Waals surface area contributed by atoms with Gasteiger partial charge in [0.1, 0.15) is 11.4 Å². The van der Waals surface area contributed by atoms with Crippen LogP contribution >= 0.6 is 0 Å². The average Bonchev–Trinajstić information content (AvgIpc) is 2.94. The molecule has 1 aromatic carbocycles. The monoisotopic (exact) mass is 372 g/mol. The van der Waals surface area contributed by atoms with E-state index < -0.39 is 24.4 Å². The van der Waals surface area contributed by atoms with Crippen LogP contribution < -0.4 is 10.1 Å². The van der Waals surface area contributed by atoms with Crippen LogP contribution in [0.1, 0.15) is 49.4 Å². The lowest BCUT2D eigenvalue weighted by molar-refractivity contribution is -0.123. The van der Waals surface area contributed by atoms with Crippen LogP contribution in [0.4, 0.5) is 0 Å². The zero-order valence-electron chi connectivity index (χ0n) is 15.5. The van der Waals surface area contributed by atoms with Crippen molar-refractivity contribution < 1.29 is 28.7 Å². The van der Waals surface area contributed by atoms with Gasteiger partial charge >= 0.3 is 5.97 Å². The summed E-state index contributed by atoms with van der Waals surface area (Å²) in [6.07, 6.45) is 0. The van der Waals surface area contributed by atoms with Gasteiger partial charge in [0.05, 0.1) is 7.11 Å². The number of esters is 1. The standard InChI is InChI=1S/C19H20N2O6/c1-10-16(12(3)22)11(2)20-17(10)19(25)27-9-15(23)21-18(24)13-5-7-14(26-4)8-6-13/h5-8,20H,9H2,1-4H3,(H,21,23,24). The summed E-state index contributed by atoms with van der Waals surface area (Å²) < 4.78 is 9.92. The predicted molar refractivity (Wildman–Crippen MR) is 96.0 cm³/mol. The molecular formula is C19H20N2O6. The van der Waals surface area contributed by atoms with Crippen molar-refractivity contribution in [3.63, 3.8) is 0 Å². The molecule has 0 aliphatic heterocycles. The van der Waals surface area contributed by atoms with Crippen molar-refractivity contribution in [3.05, 3.63) is 52.3 Å². The van der Waals surface area contributed by atoms with Gasteiger partial charge in [-0.25, -0.2) is 4.79 Å². The van der Waals surface area contributed by atoms with E-state index in [4.69, 9.17) is 9.47 Å². The molecule has 0 saturated carbocycles.